The Kier molecular flexibility index (Phi) is 3.17. The van der Waals surface area contributed by atoms with Crippen LogP contribution in [0.4, 0.5) is 0 Å². The second-order valence-electron chi connectivity index (χ2n) is 5.87. The van der Waals surface area contributed by atoms with Gasteiger partial charge in [-0.1, -0.05) is 25.7 Å². The molecule has 0 saturated carbocycles. The first-order valence-corrected chi connectivity index (χ1v) is 9.65. The van der Waals surface area contributed by atoms with E-state index < -0.39 is 8.07 Å². The number of hydrogen-bond acceptors (Lipinski definition) is 2. The number of rotatable bonds is 2. The maximum Gasteiger partial charge on any atom is 0.101 e. The molecule has 0 aliphatic carbocycles. The monoisotopic (exact) mass is 234 g/mol. The second-order valence-corrected chi connectivity index (χ2v) is 10.9. The third-order valence-electron chi connectivity index (χ3n) is 3.46. The number of nitrogens with zero attached hydrogens (tertiary/aromatic N) is 2. The van der Waals surface area contributed by atoms with Gasteiger partial charge in [0.15, 0.2) is 0 Å². The number of aromatic nitrogens is 1. The van der Waals surface area contributed by atoms with Gasteiger partial charge in [0.1, 0.15) is 8.07 Å². The average Bonchev–Trinajstić information content (AvgIpc) is 2.63. The third-order valence-corrected chi connectivity index (χ3v) is 5.29. The molecule has 0 bridgehead atoms. The summed E-state index contributed by atoms with van der Waals surface area (Å²) in [7, 11) is 0.975. The van der Waals surface area contributed by atoms with Crippen LogP contribution in [0.3, 0.4) is 0 Å². The Morgan fingerprint density at radius 2 is 2.06 bits per heavy atom. The quantitative estimate of drug-likeness (QED) is 0.731. The van der Waals surface area contributed by atoms with Crippen molar-refractivity contribution >= 4 is 13.4 Å². The summed E-state index contributed by atoms with van der Waals surface area (Å²) in [6.07, 6.45) is 4.70. The second kappa shape index (κ2) is 4.30. The van der Waals surface area contributed by atoms with E-state index in [1.54, 1.807) is 0 Å². The van der Waals surface area contributed by atoms with Crippen LogP contribution < -0.4 is 5.32 Å². The summed E-state index contributed by atoms with van der Waals surface area (Å²) in [5.41, 5.74) is 1.39. The number of hydrogen-bond donors (Lipinski definition) is 0. The molecule has 1 aromatic heterocycles. The summed E-state index contributed by atoms with van der Waals surface area (Å²) in [4.78, 5) is 7.10. The van der Waals surface area contributed by atoms with E-state index >= 15 is 0 Å². The molecule has 1 aliphatic rings. The van der Waals surface area contributed by atoms with E-state index in [1.807, 2.05) is 0 Å². The van der Waals surface area contributed by atoms with Gasteiger partial charge in [-0.25, -0.2) is 0 Å². The summed E-state index contributed by atoms with van der Waals surface area (Å²) in [5.74, 6) is 0. The van der Waals surface area contributed by atoms with Gasteiger partial charge >= 0.3 is 0 Å². The van der Waals surface area contributed by atoms with Gasteiger partial charge in [0.05, 0.1) is 0 Å². The van der Waals surface area contributed by atoms with Crippen LogP contribution in [0.15, 0.2) is 18.3 Å². The van der Waals surface area contributed by atoms with Gasteiger partial charge in [-0.15, -0.1) is 0 Å². The van der Waals surface area contributed by atoms with E-state index in [0.717, 1.165) is 0 Å². The van der Waals surface area contributed by atoms with Crippen molar-refractivity contribution in [3.63, 3.8) is 0 Å². The smallest absolute Gasteiger partial charge is 0.101 e. The van der Waals surface area contributed by atoms with Crippen LogP contribution in [0.2, 0.25) is 19.6 Å². The minimum atomic E-state index is -1.24. The first-order chi connectivity index (χ1) is 7.48. The maximum atomic E-state index is 4.66. The molecule has 0 amide bonds. The first kappa shape index (κ1) is 11.8. The summed E-state index contributed by atoms with van der Waals surface area (Å²) >= 11 is 0. The van der Waals surface area contributed by atoms with Crippen molar-refractivity contribution < 1.29 is 0 Å². The lowest BCUT2D eigenvalue weighted by Crippen LogP contribution is -2.39. The fourth-order valence-electron chi connectivity index (χ4n) is 2.38. The molecule has 1 aliphatic heterocycles. The van der Waals surface area contributed by atoms with Gasteiger partial charge < -0.3 is 0 Å². The van der Waals surface area contributed by atoms with Gasteiger partial charge in [-0.3, -0.25) is 9.88 Å². The zero-order chi connectivity index (χ0) is 11.8. The topological polar surface area (TPSA) is 16.1 Å². The summed E-state index contributed by atoms with van der Waals surface area (Å²) in [6, 6.07) is 5.13. The van der Waals surface area contributed by atoms with Gasteiger partial charge in [0.2, 0.25) is 0 Å². The predicted molar refractivity (Wildman–Crippen MR) is 71.8 cm³/mol. The molecule has 0 N–H and O–H groups in total. The van der Waals surface area contributed by atoms with Crippen molar-refractivity contribution in [2.24, 2.45) is 0 Å². The van der Waals surface area contributed by atoms with Crippen molar-refractivity contribution in [3.8, 4) is 0 Å². The predicted octanol–water partition coefficient (Wildman–Crippen LogP) is 2.39. The molecular weight excluding hydrogens is 212 g/mol. The number of likely N-dealkylation sites (tertiary alicyclic amines) is 1. The van der Waals surface area contributed by atoms with Gasteiger partial charge in [-0.05, 0) is 38.1 Å². The molecule has 1 aromatic rings. The fourth-order valence-corrected chi connectivity index (χ4v) is 3.41. The Balaban J connectivity index is 2.19. The van der Waals surface area contributed by atoms with E-state index in [1.165, 1.54) is 30.3 Å². The van der Waals surface area contributed by atoms with Gasteiger partial charge in [0.25, 0.3) is 0 Å². The van der Waals surface area contributed by atoms with Crippen molar-refractivity contribution in [1.82, 2.24) is 9.88 Å². The normalized spacial score (nSPS) is 22.6. The highest BCUT2D eigenvalue weighted by Crippen LogP contribution is 2.29. The SMILES string of the molecule is CN1CCCC1c1ccc([Si](C)(C)C)nc1. The van der Waals surface area contributed by atoms with Gasteiger partial charge in [-0.2, -0.15) is 0 Å². The Morgan fingerprint density at radius 1 is 1.31 bits per heavy atom. The Bertz CT molecular complexity index is 353. The van der Waals surface area contributed by atoms with Crippen molar-refractivity contribution in [1.29, 1.82) is 0 Å². The van der Waals surface area contributed by atoms with Crippen LogP contribution >= 0.6 is 0 Å². The molecule has 1 fully saturated rings. The van der Waals surface area contributed by atoms with Crippen LogP contribution in [-0.2, 0) is 0 Å². The molecule has 2 nitrogen and oxygen atoms in total. The summed E-state index contributed by atoms with van der Waals surface area (Å²) < 4.78 is 0. The van der Waals surface area contributed by atoms with Crippen LogP contribution in [0.1, 0.15) is 24.4 Å². The molecule has 1 saturated heterocycles. The lowest BCUT2D eigenvalue weighted by atomic mass is 10.1. The molecule has 3 heteroatoms. The Morgan fingerprint density at radius 3 is 2.50 bits per heavy atom. The van der Waals surface area contributed by atoms with E-state index in [9.17, 15) is 0 Å². The van der Waals surface area contributed by atoms with Crippen LogP contribution in [0, 0.1) is 0 Å². The maximum absolute atomic E-state index is 4.66. The largest absolute Gasteiger partial charge is 0.299 e. The average molecular weight is 234 g/mol. The minimum Gasteiger partial charge on any atom is -0.299 e. The molecule has 2 heterocycles. The summed E-state index contributed by atoms with van der Waals surface area (Å²) in [5, 5.41) is 1.32. The first-order valence-electron chi connectivity index (χ1n) is 6.15. The molecule has 2 rings (SSSR count). The third kappa shape index (κ3) is 2.35. The van der Waals surface area contributed by atoms with Crippen LogP contribution in [0.25, 0.3) is 0 Å². The van der Waals surface area contributed by atoms with E-state index in [2.05, 4.69) is 54.9 Å². The number of pyridine rings is 1. The molecule has 0 spiro atoms. The molecule has 88 valence electrons. The van der Waals surface area contributed by atoms with E-state index in [0.29, 0.717) is 6.04 Å². The lowest BCUT2D eigenvalue weighted by molar-refractivity contribution is 0.317. The van der Waals surface area contributed by atoms with Crippen LogP contribution in [-0.4, -0.2) is 31.6 Å². The highest BCUT2D eigenvalue weighted by molar-refractivity contribution is 6.88. The lowest BCUT2D eigenvalue weighted by Gasteiger charge is -2.21. The molecular formula is C13H22N2Si. The molecule has 16 heavy (non-hydrogen) atoms. The Labute approximate surface area is 99.7 Å². The summed E-state index contributed by atoms with van der Waals surface area (Å²) in [6.45, 7) is 8.25. The van der Waals surface area contributed by atoms with Crippen molar-refractivity contribution in [2.45, 2.75) is 38.5 Å². The van der Waals surface area contributed by atoms with E-state index in [-0.39, 0.29) is 0 Å². The van der Waals surface area contributed by atoms with Crippen LogP contribution in [0.5, 0.6) is 0 Å². The standard InChI is InChI=1S/C13H22N2Si/c1-15-9-5-6-12(15)11-7-8-13(14-10-11)16(2,3)4/h7-8,10,12H,5-6,9H2,1-4H3. The molecule has 0 radical (unpaired) electrons. The zero-order valence-electron chi connectivity index (χ0n) is 10.8. The van der Waals surface area contributed by atoms with Gasteiger partial charge in [0, 0.05) is 17.6 Å². The highest BCUT2D eigenvalue weighted by atomic mass is 28.3. The van der Waals surface area contributed by atoms with E-state index in [4.69, 9.17) is 0 Å². The van der Waals surface area contributed by atoms with Crippen molar-refractivity contribution in [3.05, 3.63) is 23.9 Å². The fraction of sp³-hybridized carbons (Fsp3) is 0.615. The zero-order valence-corrected chi connectivity index (χ0v) is 11.8. The Hall–Kier alpha value is -0.673. The molecule has 1 unspecified atom stereocenters. The molecule has 1 atom stereocenters. The van der Waals surface area contributed by atoms with Crippen molar-refractivity contribution in [2.75, 3.05) is 13.6 Å². The molecule has 0 aromatic carbocycles. The minimum absolute atomic E-state index is 0.600. The highest BCUT2D eigenvalue weighted by Gasteiger charge is 2.24.